The van der Waals surface area contributed by atoms with Crippen LogP contribution in [0.4, 0.5) is 0 Å². The van der Waals surface area contributed by atoms with Gasteiger partial charge in [-0.05, 0) is 317 Å². The third-order valence-corrected chi connectivity index (χ3v) is 28.1. The number of hydrogen-bond acceptors (Lipinski definition) is 16. The molecule has 2 atom stereocenters. The van der Waals surface area contributed by atoms with Gasteiger partial charge in [-0.25, -0.2) is 24.9 Å². The van der Waals surface area contributed by atoms with E-state index < -0.39 is 0 Å². The van der Waals surface area contributed by atoms with Crippen molar-refractivity contribution in [1.29, 1.82) is 0 Å². The normalized spacial score (nSPS) is 16.0. The van der Waals surface area contributed by atoms with E-state index in [-0.39, 0.29) is 0 Å². The van der Waals surface area contributed by atoms with E-state index in [4.69, 9.17) is 48.6 Å². The van der Waals surface area contributed by atoms with Crippen LogP contribution >= 0.6 is 0 Å². The van der Waals surface area contributed by atoms with Crippen LogP contribution < -0.4 is 23.7 Å². The molecule has 2 unspecified atom stereocenters. The van der Waals surface area contributed by atoms with Crippen molar-refractivity contribution in [3.05, 3.63) is 268 Å². The molecule has 722 valence electrons. The lowest BCUT2D eigenvalue weighted by Gasteiger charge is -2.32. The summed E-state index contributed by atoms with van der Waals surface area (Å²) in [7, 11) is 3.88. The Hall–Kier alpha value is -11.2. The first kappa shape index (κ1) is 99.3. The Labute approximate surface area is 809 Å². The van der Waals surface area contributed by atoms with Crippen molar-refractivity contribution in [2.24, 2.45) is 0 Å². The Balaban J connectivity index is 0.000000130. The summed E-state index contributed by atoms with van der Waals surface area (Å²) in [6, 6.07) is 66.1. The van der Waals surface area contributed by atoms with E-state index in [1.807, 2.05) is 31.2 Å². The number of ether oxygens (including phenoxy) is 5. The van der Waals surface area contributed by atoms with E-state index in [1.165, 1.54) is 176 Å². The first-order valence-electron chi connectivity index (χ1n) is 51.1. The molecule has 0 bridgehead atoms. The maximum atomic E-state index is 6.22. The molecule has 19 rings (SSSR count). The van der Waals surface area contributed by atoms with Gasteiger partial charge in [-0.2, -0.15) is 0 Å². The second-order valence-electron chi connectivity index (χ2n) is 38.0. The summed E-state index contributed by atoms with van der Waals surface area (Å²) < 4.78 is 41.8. The van der Waals surface area contributed by atoms with Gasteiger partial charge in [-0.1, -0.05) is 154 Å². The molecule has 5 fully saturated rings. The highest BCUT2D eigenvalue weighted by Gasteiger charge is 2.28. The van der Waals surface area contributed by atoms with Crippen LogP contribution in [-0.2, 0) is 58.8 Å². The molecular formula is C115H152N16O5. The average molecular weight is 1840 g/mol. The summed E-state index contributed by atoms with van der Waals surface area (Å²) in [4.78, 5) is 40.0. The molecule has 14 aromatic rings. The topological polar surface area (TPSA) is 155 Å². The number of imidazole rings is 5. The summed E-state index contributed by atoms with van der Waals surface area (Å²) in [5.74, 6) is 10.3. The molecule has 0 saturated carbocycles. The van der Waals surface area contributed by atoms with Gasteiger partial charge in [-0.3, -0.25) is 24.5 Å². The molecule has 5 saturated heterocycles. The van der Waals surface area contributed by atoms with Crippen molar-refractivity contribution in [2.45, 2.75) is 237 Å². The lowest BCUT2D eigenvalue weighted by atomic mass is 9.99. The Bertz CT molecular complexity index is 6080. The van der Waals surface area contributed by atoms with Gasteiger partial charge in [0.15, 0.2) is 11.5 Å². The Morgan fingerprint density at radius 2 is 0.750 bits per heavy atom. The van der Waals surface area contributed by atoms with E-state index in [0.717, 1.165) is 215 Å². The number of aromatic nitrogens is 10. The average Bonchev–Trinajstić information content (AvgIpc) is 1.66. The molecule has 5 aromatic heterocycles. The minimum absolute atomic E-state index is 0.294. The second-order valence-corrected chi connectivity index (χ2v) is 38.0. The number of nitrogens with zero attached hydrogens (tertiary/aromatic N) is 16. The van der Waals surface area contributed by atoms with Crippen molar-refractivity contribution >= 4 is 61.2 Å². The van der Waals surface area contributed by atoms with Crippen LogP contribution in [0.25, 0.3) is 61.2 Å². The quantitative estimate of drug-likeness (QED) is 0.0392. The largest absolute Gasteiger partial charge is 0.494 e. The highest BCUT2D eigenvalue weighted by atomic mass is 16.5. The zero-order chi connectivity index (χ0) is 94.7. The number of rotatable bonds is 32. The zero-order valence-electron chi connectivity index (χ0n) is 84.0. The summed E-state index contributed by atoms with van der Waals surface area (Å²) in [6.07, 6.45) is 23.2. The predicted molar refractivity (Wildman–Crippen MR) is 559 cm³/mol. The molecule has 0 spiro atoms. The highest BCUT2D eigenvalue weighted by Crippen LogP contribution is 2.35. The van der Waals surface area contributed by atoms with Crippen LogP contribution in [0, 0.1) is 41.5 Å². The van der Waals surface area contributed by atoms with E-state index in [2.05, 4.69) is 304 Å². The number of fused-ring (bicyclic) bond motifs is 5. The van der Waals surface area contributed by atoms with Crippen LogP contribution in [0.2, 0.25) is 0 Å². The lowest BCUT2D eigenvalue weighted by Crippen LogP contribution is -2.44. The number of methoxy groups -OCH3 is 1. The molecular weight excluding hydrogens is 1690 g/mol. The second kappa shape index (κ2) is 49.7. The number of benzene rings is 9. The van der Waals surface area contributed by atoms with E-state index >= 15 is 0 Å². The van der Waals surface area contributed by atoms with E-state index in [0.29, 0.717) is 31.9 Å². The number of piperidine rings is 4. The zero-order valence-corrected chi connectivity index (χ0v) is 84.0. The number of likely N-dealkylation sites (tertiary alicyclic amines) is 4. The van der Waals surface area contributed by atoms with Crippen molar-refractivity contribution < 1.29 is 23.7 Å². The first-order chi connectivity index (χ1) is 66.5. The number of likely N-dealkylation sites (N-methyl/N-ethyl adjacent to an activating group) is 1. The van der Waals surface area contributed by atoms with Gasteiger partial charge < -0.3 is 51.4 Å². The van der Waals surface area contributed by atoms with Gasteiger partial charge >= 0.3 is 0 Å². The van der Waals surface area contributed by atoms with Crippen molar-refractivity contribution in [2.75, 3.05) is 119 Å². The molecule has 0 radical (unpaired) electrons. The van der Waals surface area contributed by atoms with Gasteiger partial charge in [0.05, 0.1) is 120 Å². The van der Waals surface area contributed by atoms with Crippen molar-refractivity contribution in [1.82, 2.24) is 77.2 Å². The van der Waals surface area contributed by atoms with Crippen LogP contribution in [0.3, 0.4) is 0 Å². The molecule has 5 aliphatic rings. The summed E-state index contributed by atoms with van der Waals surface area (Å²) in [5, 5.41) is 0. The third kappa shape index (κ3) is 25.8. The first-order valence-corrected chi connectivity index (χ1v) is 51.1. The number of allylic oxidation sites excluding steroid dienone is 1. The third-order valence-electron chi connectivity index (χ3n) is 28.1. The fraction of sp³-hybridized carbons (Fsp3) is 0.470. The van der Waals surface area contributed by atoms with Crippen LogP contribution in [0.1, 0.15) is 210 Å². The summed E-state index contributed by atoms with van der Waals surface area (Å²) >= 11 is 0. The van der Waals surface area contributed by atoms with E-state index in [9.17, 15) is 0 Å². The van der Waals surface area contributed by atoms with Gasteiger partial charge in [0.25, 0.3) is 0 Å². The molecule has 0 N–H and O–H groups in total. The van der Waals surface area contributed by atoms with Gasteiger partial charge in [0.2, 0.25) is 0 Å². The Kier molecular flexibility index (Phi) is 36.3. The monoisotopic (exact) mass is 1840 g/mol. The van der Waals surface area contributed by atoms with Crippen LogP contribution in [0.5, 0.6) is 28.7 Å². The number of hydrogen-bond donors (Lipinski definition) is 0. The maximum Gasteiger partial charge on any atom is 0.161 e. The Morgan fingerprint density at radius 1 is 0.353 bits per heavy atom. The molecule has 21 heteroatoms. The standard InChI is InChI=1S/C26H33N3O2.C26H35N3O2.C24H31N3.C23H30N4O.C16H23N3/c1-4-10-21-13-14-24(25(19-21)30-3)31-18-17-29-23-12-7-6-11-22(23)27-26(29)20(2)28-15-8-5-9-16-28;1-4-16-30-22-11-12-24-23(18-22)27-25(19-28-13-6-5-7-14-28)29(24)15-17-31-26-20(2)9-8-10-21(26)3;1-19-10-8-11-20(2)21(19)12-9-17-27-23-14-5-4-13-22(23)25-24(27)18-26-15-6-3-7-16-26;1-18-7-6-8-19(2)23(18)28-16-15-27-21-10-5-4-9-20(21)24-22(27)17-26-13-11-25(3)12-14-26;1-3-19-15-10-6-5-9-14(15)17-16(19)13(2)18-11-7-4-8-12-18/h4,6-7,10-14,19-20H,5,8-9,15-18H2,1-3H3;8-12,18H,4-7,13-17,19H2,1-3H3;4-5,8,10-11,13-14H,3,6-7,9,12,15-18H2,1-2H3;4-10H,11-17H2,1-3H3;5-6,9-10,13H,3-4,7-8,11-12H2,1-2H3/b10-4+;;;;. The molecule has 0 aliphatic carbocycles. The predicted octanol–water partition coefficient (Wildman–Crippen LogP) is 23.6. The molecule has 21 nitrogen and oxygen atoms in total. The minimum Gasteiger partial charge on any atom is -0.494 e. The summed E-state index contributed by atoms with van der Waals surface area (Å²) in [6.45, 7) is 47.4. The van der Waals surface area contributed by atoms with Crippen LogP contribution in [-0.4, -0.2) is 196 Å². The molecule has 0 amide bonds. The molecule has 136 heavy (non-hydrogen) atoms. The molecule has 9 aromatic carbocycles. The Morgan fingerprint density at radius 3 is 1.21 bits per heavy atom. The van der Waals surface area contributed by atoms with Crippen molar-refractivity contribution in [3.63, 3.8) is 0 Å². The number of aryl methyl sites for hydroxylation is 8. The SMILES string of the molecule is C/C=C/c1ccc(OCCn2c(C(C)N3CCCCC3)nc3ccccc32)c(OC)c1.CCCOc1ccc2c(c1)nc(CN1CCCCC1)n2CCOc1c(C)cccc1C.CCn1c(C(C)N2CCCCC2)nc2ccccc21.Cc1cccc(C)c1CCCn1c(CN2CCCCC2)nc2ccccc21.Cc1cccc(C)c1OCCn1c(CN2CCN(C)CC2)nc2ccccc21. The molecule has 10 heterocycles. The highest BCUT2D eigenvalue weighted by molar-refractivity contribution is 5.80. The lowest BCUT2D eigenvalue weighted by molar-refractivity contribution is 0.144. The number of para-hydroxylation sites is 10. The minimum atomic E-state index is 0.294. The van der Waals surface area contributed by atoms with Crippen LogP contribution in [0.15, 0.2) is 194 Å². The number of piperazine rings is 1. The molecule has 5 aliphatic heterocycles. The summed E-state index contributed by atoms with van der Waals surface area (Å²) in [5.41, 5.74) is 21.6. The van der Waals surface area contributed by atoms with Gasteiger partial charge in [0, 0.05) is 45.3 Å². The van der Waals surface area contributed by atoms with Crippen molar-refractivity contribution in [3.8, 4) is 28.7 Å². The van der Waals surface area contributed by atoms with Gasteiger partial charge in [-0.15, -0.1) is 0 Å². The van der Waals surface area contributed by atoms with E-state index in [1.54, 1.807) is 7.11 Å². The fourth-order valence-electron chi connectivity index (χ4n) is 20.5. The fourth-order valence-corrected chi connectivity index (χ4v) is 20.5. The smallest absolute Gasteiger partial charge is 0.161 e. The van der Waals surface area contributed by atoms with Gasteiger partial charge in [0.1, 0.15) is 66.2 Å². The maximum absolute atomic E-state index is 6.22.